The fourth-order valence-electron chi connectivity index (χ4n) is 1.67. The van der Waals surface area contributed by atoms with Crippen molar-refractivity contribution in [3.63, 3.8) is 0 Å². The summed E-state index contributed by atoms with van der Waals surface area (Å²) in [4.78, 5) is 2.11. The van der Waals surface area contributed by atoms with Crippen molar-refractivity contribution in [3.05, 3.63) is 12.1 Å². The SMILES string of the molecule is CCCN(C)c1cc(OC)c(OC)cc1N. The average Bonchev–Trinajstić information content (AvgIpc) is 2.28. The van der Waals surface area contributed by atoms with E-state index in [0.29, 0.717) is 17.2 Å². The molecule has 4 nitrogen and oxygen atoms in total. The van der Waals surface area contributed by atoms with Crippen LogP contribution in [-0.4, -0.2) is 27.8 Å². The Labute approximate surface area is 96.9 Å². The lowest BCUT2D eigenvalue weighted by atomic mass is 10.2. The monoisotopic (exact) mass is 224 g/mol. The smallest absolute Gasteiger partial charge is 0.162 e. The molecule has 0 spiro atoms. The van der Waals surface area contributed by atoms with E-state index in [2.05, 4.69) is 11.8 Å². The summed E-state index contributed by atoms with van der Waals surface area (Å²) < 4.78 is 10.4. The minimum atomic E-state index is 0.661. The van der Waals surface area contributed by atoms with Gasteiger partial charge in [0, 0.05) is 25.7 Å². The lowest BCUT2D eigenvalue weighted by molar-refractivity contribution is 0.355. The topological polar surface area (TPSA) is 47.7 Å². The molecule has 90 valence electrons. The van der Waals surface area contributed by atoms with Crippen LogP contribution in [0.15, 0.2) is 12.1 Å². The molecule has 1 aromatic carbocycles. The third-order valence-corrected chi connectivity index (χ3v) is 2.50. The molecule has 0 saturated carbocycles. The summed E-state index contributed by atoms with van der Waals surface area (Å²) in [6, 6.07) is 3.70. The average molecular weight is 224 g/mol. The first-order valence-electron chi connectivity index (χ1n) is 5.36. The van der Waals surface area contributed by atoms with Crippen LogP contribution in [0.1, 0.15) is 13.3 Å². The molecule has 0 amide bonds. The number of nitrogen functional groups attached to an aromatic ring is 1. The van der Waals surface area contributed by atoms with Crippen LogP contribution in [0.2, 0.25) is 0 Å². The van der Waals surface area contributed by atoms with Crippen LogP contribution in [0, 0.1) is 0 Å². The predicted octanol–water partition coefficient (Wildman–Crippen LogP) is 2.13. The van der Waals surface area contributed by atoms with Crippen LogP contribution in [-0.2, 0) is 0 Å². The highest BCUT2D eigenvalue weighted by atomic mass is 16.5. The van der Waals surface area contributed by atoms with Crippen molar-refractivity contribution in [3.8, 4) is 11.5 Å². The van der Waals surface area contributed by atoms with Gasteiger partial charge in [-0.25, -0.2) is 0 Å². The quantitative estimate of drug-likeness (QED) is 0.778. The molecule has 0 bridgehead atoms. The second-order valence-electron chi connectivity index (χ2n) is 3.69. The lowest BCUT2D eigenvalue weighted by Gasteiger charge is -2.22. The highest BCUT2D eigenvalue weighted by molar-refractivity contribution is 5.72. The van der Waals surface area contributed by atoms with Gasteiger partial charge in [-0.05, 0) is 6.42 Å². The summed E-state index contributed by atoms with van der Waals surface area (Å²) in [6.45, 7) is 3.09. The molecule has 0 atom stereocenters. The number of ether oxygens (including phenoxy) is 2. The number of hydrogen-bond donors (Lipinski definition) is 1. The number of benzene rings is 1. The van der Waals surface area contributed by atoms with E-state index in [1.807, 2.05) is 13.1 Å². The predicted molar refractivity (Wildman–Crippen MR) is 67.5 cm³/mol. The van der Waals surface area contributed by atoms with Crippen LogP contribution >= 0.6 is 0 Å². The van der Waals surface area contributed by atoms with E-state index in [1.54, 1.807) is 20.3 Å². The summed E-state index contributed by atoms with van der Waals surface area (Å²) in [5.41, 5.74) is 7.65. The summed E-state index contributed by atoms with van der Waals surface area (Å²) in [6.07, 6.45) is 1.07. The number of rotatable bonds is 5. The molecule has 0 radical (unpaired) electrons. The Morgan fingerprint density at radius 1 is 1.19 bits per heavy atom. The fraction of sp³-hybridized carbons (Fsp3) is 0.500. The maximum atomic E-state index is 5.97. The van der Waals surface area contributed by atoms with Crippen molar-refractivity contribution in [2.75, 3.05) is 38.4 Å². The van der Waals surface area contributed by atoms with E-state index in [0.717, 1.165) is 18.7 Å². The normalized spacial score (nSPS) is 10.0. The zero-order valence-corrected chi connectivity index (χ0v) is 10.4. The Morgan fingerprint density at radius 3 is 2.25 bits per heavy atom. The molecule has 0 unspecified atom stereocenters. The number of nitrogens with zero attached hydrogens (tertiary/aromatic N) is 1. The first-order chi connectivity index (χ1) is 7.63. The van der Waals surface area contributed by atoms with Gasteiger partial charge in [0.1, 0.15) is 0 Å². The Hall–Kier alpha value is -1.58. The van der Waals surface area contributed by atoms with E-state index < -0.39 is 0 Å². The molecule has 0 fully saturated rings. The minimum absolute atomic E-state index is 0.661. The molecule has 0 heterocycles. The third-order valence-electron chi connectivity index (χ3n) is 2.50. The maximum absolute atomic E-state index is 5.97. The number of hydrogen-bond acceptors (Lipinski definition) is 4. The van der Waals surface area contributed by atoms with Gasteiger partial charge in [0.15, 0.2) is 11.5 Å². The summed E-state index contributed by atoms with van der Waals surface area (Å²) in [5, 5.41) is 0. The van der Waals surface area contributed by atoms with Crippen molar-refractivity contribution >= 4 is 11.4 Å². The van der Waals surface area contributed by atoms with Crippen molar-refractivity contribution < 1.29 is 9.47 Å². The Morgan fingerprint density at radius 2 is 1.75 bits per heavy atom. The molecule has 0 aromatic heterocycles. The molecular weight excluding hydrogens is 204 g/mol. The zero-order valence-electron chi connectivity index (χ0n) is 10.4. The van der Waals surface area contributed by atoms with Crippen LogP contribution in [0.25, 0.3) is 0 Å². The Kier molecular flexibility index (Phi) is 4.28. The van der Waals surface area contributed by atoms with Crippen molar-refractivity contribution in [2.24, 2.45) is 0 Å². The van der Waals surface area contributed by atoms with Crippen molar-refractivity contribution in [1.29, 1.82) is 0 Å². The molecule has 0 saturated heterocycles. The van der Waals surface area contributed by atoms with E-state index in [9.17, 15) is 0 Å². The largest absolute Gasteiger partial charge is 0.493 e. The molecule has 0 aliphatic carbocycles. The fourth-order valence-corrected chi connectivity index (χ4v) is 1.67. The van der Waals surface area contributed by atoms with E-state index >= 15 is 0 Å². The van der Waals surface area contributed by atoms with Crippen molar-refractivity contribution in [2.45, 2.75) is 13.3 Å². The minimum Gasteiger partial charge on any atom is -0.493 e. The lowest BCUT2D eigenvalue weighted by Crippen LogP contribution is -2.19. The van der Waals surface area contributed by atoms with Gasteiger partial charge in [-0.2, -0.15) is 0 Å². The molecule has 4 heteroatoms. The second-order valence-corrected chi connectivity index (χ2v) is 3.69. The Bertz CT molecular complexity index is 353. The zero-order chi connectivity index (χ0) is 12.1. The Balaban J connectivity index is 3.10. The molecular formula is C12H20N2O2. The second kappa shape index (κ2) is 5.49. The maximum Gasteiger partial charge on any atom is 0.162 e. The van der Waals surface area contributed by atoms with Gasteiger partial charge in [-0.3, -0.25) is 0 Å². The molecule has 0 aliphatic rings. The van der Waals surface area contributed by atoms with Crippen LogP contribution in [0.5, 0.6) is 11.5 Å². The van der Waals surface area contributed by atoms with Gasteiger partial charge in [-0.15, -0.1) is 0 Å². The molecule has 1 rings (SSSR count). The summed E-state index contributed by atoms with van der Waals surface area (Å²) in [5.74, 6) is 1.36. The van der Waals surface area contributed by atoms with Gasteiger partial charge in [0.25, 0.3) is 0 Å². The van der Waals surface area contributed by atoms with Gasteiger partial charge in [0.05, 0.1) is 25.6 Å². The molecule has 2 N–H and O–H groups in total. The number of anilines is 2. The molecule has 16 heavy (non-hydrogen) atoms. The standard InChI is InChI=1S/C12H20N2O2/c1-5-6-14(2)10-8-12(16-4)11(15-3)7-9(10)13/h7-8H,5-6,13H2,1-4H3. The number of methoxy groups -OCH3 is 2. The van der Waals surface area contributed by atoms with Gasteiger partial charge >= 0.3 is 0 Å². The first kappa shape index (κ1) is 12.5. The van der Waals surface area contributed by atoms with E-state index in [-0.39, 0.29) is 0 Å². The van der Waals surface area contributed by atoms with E-state index in [1.165, 1.54) is 0 Å². The molecule has 0 aliphatic heterocycles. The van der Waals surface area contributed by atoms with Crippen LogP contribution in [0.4, 0.5) is 11.4 Å². The third kappa shape index (κ3) is 2.51. The van der Waals surface area contributed by atoms with Gasteiger partial charge in [-0.1, -0.05) is 6.92 Å². The van der Waals surface area contributed by atoms with Crippen molar-refractivity contribution in [1.82, 2.24) is 0 Å². The van der Waals surface area contributed by atoms with Crippen LogP contribution < -0.4 is 20.1 Å². The molecule has 1 aromatic rings. The van der Waals surface area contributed by atoms with Gasteiger partial charge in [0.2, 0.25) is 0 Å². The van der Waals surface area contributed by atoms with Crippen LogP contribution in [0.3, 0.4) is 0 Å². The highest BCUT2D eigenvalue weighted by Gasteiger charge is 2.11. The summed E-state index contributed by atoms with van der Waals surface area (Å²) >= 11 is 0. The highest BCUT2D eigenvalue weighted by Crippen LogP contribution is 2.36. The number of nitrogens with two attached hydrogens (primary N) is 1. The summed E-state index contributed by atoms with van der Waals surface area (Å²) in [7, 11) is 5.24. The van der Waals surface area contributed by atoms with Gasteiger partial charge < -0.3 is 20.1 Å². The first-order valence-corrected chi connectivity index (χ1v) is 5.36. The van der Waals surface area contributed by atoms with E-state index in [4.69, 9.17) is 15.2 Å².